The van der Waals surface area contributed by atoms with Gasteiger partial charge in [0.15, 0.2) is 0 Å². The van der Waals surface area contributed by atoms with Gasteiger partial charge in [-0.05, 0) is 12.3 Å². The van der Waals surface area contributed by atoms with Gasteiger partial charge in [-0.15, -0.1) is 0 Å². The Bertz CT molecular complexity index is 86.1. The lowest BCUT2D eigenvalue weighted by Gasteiger charge is -1.81. The molecule has 0 radical (unpaired) electrons. The molecule has 0 heterocycles. The Morgan fingerprint density at radius 2 is 2.43 bits per heavy atom. The molecule has 0 saturated heterocycles. The first-order valence-electron chi connectivity index (χ1n) is 1.89. The van der Waals surface area contributed by atoms with Crippen LogP contribution in [0.5, 0.6) is 0 Å². The first-order valence-corrected chi connectivity index (χ1v) is 3.15. The summed E-state index contributed by atoms with van der Waals surface area (Å²) in [6.45, 7) is 5.41. The Kier molecular flexibility index (Phi) is 4.36. The van der Waals surface area contributed by atoms with Crippen LogP contribution in [0.2, 0.25) is 0 Å². The van der Waals surface area contributed by atoms with Gasteiger partial charge in [-0.1, -0.05) is 36.0 Å². The van der Waals surface area contributed by atoms with Crippen LogP contribution in [0.1, 0.15) is 6.92 Å². The second-order valence-electron chi connectivity index (χ2n) is 0.942. The van der Waals surface area contributed by atoms with E-state index >= 15 is 0 Å². The Labute approximate surface area is 53.2 Å². The summed E-state index contributed by atoms with van der Waals surface area (Å²) in [5.74, 6) is 0. The summed E-state index contributed by atoms with van der Waals surface area (Å²) in [7, 11) is 0. The van der Waals surface area contributed by atoms with Crippen LogP contribution in [0.3, 0.4) is 0 Å². The van der Waals surface area contributed by atoms with Crippen LogP contribution in [-0.4, -0.2) is 0 Å². The molecule has 0 N–H and O–H groups in total. The molecule has 0 fully saturated rings. The van der Waals surface area contributed by atoms with Crippen LogP contribution in [0.25, 0.3) is 0 Å². The molecule has 0 amide bonds. The predicted octanol–water partition coefficient (Wildman–Crippen LogP) is 2.96. The zero-order valence-corrected chi connectivity index (χ0v) is 5.72. The maximum atomic E-state index is 5.37. The molecule has 0 aliphatic rings. The summed E-state index contributed by atoms with van der Waals surface area (Å²) in [4.78, 5) is 0. The van der Waals surface area contributed by atoms with Crippen LogP contribution in [0, 0.1) is 0 Å². The van der Waals surface area contributed by atoms with E-state index in [2.05, 4.69) is 6.58 Å². The molecule has 0 rings (SSSR count). The standard InChI is InChI=1S/C5H7ClS/c1-3-4-7-5(2)6/h3-4H,2H2,1H3/b4-3-. The molecule has 0 saturated carbocycles. The van der Waals surface area contributed by atoms with E-state index < -0.39 is 0 Å². The minimum atomic E-state index is 0.609. The molecule has 0 unspecified atom stereocenters. The van der Waals surface area contributed by atoms with Gasteiger partial charge >= 0.3 is 0 Å². The van der Waals surface area contributed by atoms with E-state index in [0.29, 0.717) is 4.36 Å². The van der Waals surface area contributed by atoms with Gasteiger partial charge in [0.2, 0.25) is 0 Å². The highest BCUT2D eigenvalue weighted by Gasteiger charge is 1.77. The largest absolute Gasteiger partial charge is 0.0867 e. The fourth-order valence-electron chi connectivity index (χ4n) is 0.142. The van der Waals surface area contributed by atoms with Gasteiger partial charge in [-0.25, -0.2) is 0 Å². The SMILES string of the molecule is C=C(Cl)S/C=C\C. The van der Waals surface area contributed by atoms with Crippen molar-refractivity contribution in [3.8, 4) is 0 Å². The lowest BCUT2D eigenvalue weighted by molar-refractivity contribution is 1.79. The number of halogens is 1. The van der Waals surface area contributed by atoms with E-state index in [1.54, 1.807) is 0 Å². The lowest BCUT2D eigenvalue weighted by Crippen LogP contribution is -1.45. The van der Waals surface area contributed by atoms with Crippen LogP contribution >= 0.6 is 23.4 Å². The Morgan fingerprint density at radius 3 is 2.57 bits per heavy atom. The molecular weight excluding hydrogens is 128 g/mol. The Hall–Kier alpha value is 0.120. The summed E-state index contributed by atoms with van der Waals surface area (Å²) in [5.41, 5.74) is 0. The third-order valence-electron chi connectivity index (χ3n) is 0.332. The van der Waals surface area contributed by atoms with Crippen molar-refractivity contribution in [2.24, 2.45) is 0 Å². The molecule has 0 aliphatic heterocycles. The van der Waals surface area contributed by atoms with Crippen molar-refractivity contribution >= 4 is 23.4 Å². The zero-order chi connectivity index (χ0) is 5.70. The van der Waals surface area contributed by atoms with E-state index in [1.807, 2.05) is 18.4 Å². The maximum Gasteiger partial charge on any atom is 0.0704 e. The van der Waals surface area contributed by atoms with E-state index in [4.69, 9.17) is 11.6 Å². The van der Waals surface area contributed by atoms with Gasteiger partial charge in [-0.2, -0.15) is 0 Å². The predicted molar refractivity (Wildman–Crippen MR) is 37.4 cm³/mol. The number of thioether (sulfide) groups is 1. The van der Waals surface area contributed by atoms with Crippen LogP contribution in [-0.2, 0) is 0 Å². The molecule has 0 bridgehead atoms. The summed E-state index contributed by atoms with van der Waals surface area (Å²) >= 11 is 6.80. The highest BCUT2D eigenvalue weighted by molar-refractivity contribution is 8.07. The molecular formula is C5H7ClS. The monoisotopic (exact) mass is 134 g/mol. The third-order valence-corrected chi connectivity index (χ3v) is 1.26. The fourth-order valence-corrected chi connectivity index (χ4v) is 0.580. The summed E-state index contributed by atoms with van der Waals surface area (Å²) in [5, 5.41) is 1.88. The highest BCUT2D eigenvalue weighted by Crippen LogP contribution is 2.17. The average molecular weight is 135 g/mol. The molecule has 0 spiro atoms. The maximum absolute atomic E-state index is 5.37. The lowest BCUT2D eigenvalue weighted by atomic mass is 10.8. The molecule has 0 atom stereocenters. The van der Waals surface area contributed by atoms with Crippen molar-refractivity contribution in [2.45, 2.75) is 6.92 Å². The smallest absolute Gasteiger partial charge is 0.0704 e. The molecule has 7 heavy (non-hydrogen) atoms. The highest BCUT2D eigenvalue weighted by atomic mass is 35.5. The Balaban J connectivity index is 3.14. The average Bonchev–Trinajstić information content (AvgIpc) is 1.61. The topological polar surface area (TPSA) is 0 Å². The van der Waals surface area contributed by atoms with Gasteiger partial charge in [0.05, 0.1) is 4.36 Å². The zero-order valence-electron chi connectivity index (χ0n) is 4.15. The van der Waals surface area contributed by atoms with Crippen molar-refractivity contribution in [1.29, 1.82) is 0 Å². The van der Waals surface area contributed by atoms with E-state index in [9.17, 15) is 0 Å². The summed E-state index contributed by atoms with van der Waals surface area (Å²) in [6, 6.07) is 0. The summed E-state index contributed by atoms with van der Waals surface area (Å²) in [6.07, 6.45) is 1.91. The van der Waals surface area contributed by atoms with Crippen LogP contribution in [0.4, 0.5) is 0 Å². The second-order valence-corrected chi connectivity index (χ2v) is 2.62. The quantitative estimate of drug-likeness (QED) is 0.560. The number of hydrogen-bond acceptors (Lipinski definition) is 1. The normalized spacial score (nSPS) is 10.0. The van der Waals surface area contributed by atoms with Crippen molar-refractivity contribution < 1.29 is 0 Å². The summed E-state index contributed by atoms with van der Waals surface area (Å²) < 4.78 is 0.609. The van der Waals surface area contributed by atoms with Gasteiger partial charge in [0, 0.05) is 0 Å². The van der Waals surface area contributed by atoms with Gasteiger partial charge < -0.3 is 0 Å². The van der Waals surface area contributed by atoms with Crippen LogP contribution in [0.15, 0.2) is 22.4 Å². The number of hydrogen-bond donors (Lipinski definition) is 0. The first kappa shape index (κ1) is 7.12. The molecule has 0 aromatic rings. The second kappa shape index (κ2) is 4.28. The van der Waals surface area contributed by atoms with E-state index in [-0.39, 0.29) is 0 Å². The Morgan fingerprint density at radius 1 is 1.86 bits per heavy atom. The van der Waals surface area contributed by atoms with Gasteiger partial charge in [-0.3, -0.25) is 0 Å². The van der Waals surface area contributed by atoms with Crippen molar-refractivity contribution in [3.63, 3.8) is 0 Å². The van der Waals surface area contributed by atoms with Gasteiger partial charge in [0.25, 0.3) is 0 Å². The molecule has 2 heteroatoms. The van der Waals surface area contributed by atoms with E-state index in [1.165, 1.54) is 11.8 Å². The van der Waals surface area contributed by atoms with Gasteiger partial charge in [0.1, 0.15) is 0 Å². The van der Waals surface area contributed by atoms with Crippen molar-refractivity contribution in [3.05, 3.63) is 22.4 Å². The molecule has 0 aromatic heterocycles. The third kappa shape index (κ3) is 6.12. The molecule has 40 valence electrons. The fraction of sp³-hybridized carbons (Fsp3) is 0.200. The van der Waals surface area contributed by atoms with Crippen molar-refractivity contribution in [2.75, 3.05) is 0 Å². The molecule has 0 nitrogen and oxygen atoms in total. The minimum Gasteiger partial charge on any atom is -0.0867 e. The minimum absolute atomic E-state index is 0.609. The molecule has 0 aliphatic carbocycles. The first-order chi connectivity index (χ1) is 3.27. The van der Waals surface area contributed by atoms with Crippen molar-refractivity contribution in [1.82, 2.24) is 0 Å². The van der Waals surface area contributed by atoms with E-state index in [0.717, 1.165) is 0 Å². The number of allylic oxidation sites excluding steroid dienone is 1. The number of rotatable bonds is 2. The van der Waals surface area contributed by atoms with Crippen LogP contribution < -0.4 is 0 Å². The molecule has 0 aromatic carbocycles.